The zero-order chi connectivity index (χ0) is 9.26. The molecule has 1 aromatic carbocycles. The molecule has 1 atom stereocenters. The first-order chi connectivity index (χ1) is 6.33. The third-order valence-corrected chi connectivity index (χ3v) is 2.83. The molecule has 0 spiro atoms. The van der Waals surface area contributed by atoms with Crippen molar-refractivity contribution < 1.29 is 4.39 Å². The van der Waals surface area contributed by atoms with Crippen molar-refractivity contribution in [3.05, 3.63) is 35.1 Å². The Kier molecular flexibility index (Phi) is 2.32. The summed E-state index contributed by atoms with van der Waals surface area (Å²) in [4.78, 5) is 0. The van der Waals surface area contributed by atoms with E-state index in [1.54, 1.807) is 12.1 Å². The lowest BCUT2D eigenvalue weighted by molar-refractivity contribution is 0.564. The molecular formula is C11H14FN. The topological polar surface area (TPSA) is 26.0 Å². The van der Waals surface area contributed by atoms with Crippen molar-refractivity contribution in [1.82, 2.24) is 0 Å². The van der Waals surface area contributed by atoms with Crippen molar-refractivity contribution in [3.63, 3.8) is 0 Å². The summed E-state index contributed by atoms with van der Waals surface area (Å²) in [6.07, 6.45) is 2.99. The summed E-state index contributed by atoms with van der Waals surface area (Å²) in [6.45, 7) is 0.651. The highest BCUT2D eigenvalue weighted by Gasteiger charge is 2.24. The maximum Gasteiger partial charge on any atom is 0.126 e. The summed E-state index contributed by atoms with van der Waals surface area (Å²) in [6, 6.07) is 5.36. The molecule has 1 aliphatic rings. The fourth-order valence-electron chi connectivity index (χ4n) is 2.22. The van der Waals surface area contributed by atoms with Gasteiger partial charge in [0, 0.05) is 0 Å². The molecule has 0 amide bonds. The van der Waals surface area contributed by atoms with Crippen LogP contribution in [-0.4, -0.2) is 6.54 Å². The van der Waals surface area contributed by atoms with Crippen molar-refractivity contribution in [1.29, 1.82) is 0 Å². The quantitative estimate of drug-likeness (QED) is 0.740. The Balaban J connectivity index is 2.34. The molecule has 1 aliphatic carbocycles. The molecule has 0 aliphatic heterocycles. The molecule has 0 fully saturated rings. The number of fused-ring (bicyclic) bond motifs is 1. The van der Waals surface area contributed by atoms with Gasteiger partial charge in [0.15, 0.2) is 0 Å². The first-order valence-corrected chi connectivity index (χ1v) is 4.80. The van der Waals surface area contributed by atoms with E-state index in [2.05, 4.69) is 0 Å². The highest BCUT2D eigenvalue weighted by atomic mass is 19.1. The van der Waals surface area contributed by atoms with Gasteiger partial charge < -0.3 is 5.73 Å². The molecule has 13 heavy (non-hydrogen) atoms. The van der Waals surface area contributed by atoms with Gasteiger partial charge in [0.25, 0.3) is 0 Å². The smallest absolute Gasteiger partial charge is 0.126 e. The molecular weight excluding hydrogens is 165 g/mol. The standard InChI is InChI=1S/C11H14FN/c12-10-3-1-2-8-4-5-9(6-7-13)11(8)10/h1-3,9H,4-7,13H2. The summed E-state index contributed by atoms with van der Waals surface area (Å²) in [5, 5.41) is 0. The first kappa shape index (κ1) is 8.70. The fraction of sp³-hybridized carbons (Fsp3) is 0.455. The molecule has 0 saturated heterocycles. The van der Waals surface area contributed by atoms with Crippen LogP contribution in [0.1, 0.15) is 29.9 Å². The Morgan fingerprint density at radius 2 is 2.31 bits per heavy atom. The molecule has 0 bridgehead atoms. The molecule has 1 unspecified atom stereocenters. The molecule has 2 heteroatoms. The van der Waals surface area contributed by atoms with Gasteiger partial charge in [-0.2, -0.15) is 0 Å². The lowest BCUT2D eigenvalue weighted by Gasteiger charge is -2.10. The second kappa shape index (κ2) is 3.46. The van der Waals surface area contributed by atoms with Gasteiger partial charge in [-0.3, -0.25) is 0 Å². The van der Waals surface area contributed by atoms with E-state index in [4.69, 9.17) is 5.73 Å². The van der Waals surface area contributed by atoms with Crippen LogP contribution in [0.2, 0.25) is 0 Å². The van der Waals surface area contributed by atoms with Gasteiger partial charge in [0.05, 0.1) is 0 Å². The van der Waals surface area contributed by atoms with E-state index in [1.807, 2.05) is 6.07 Å². The van der Waals surface area contributed by atoms with E-state index in [-0.39, 0.29) is 5.82 Å². The number of hydrogen-bond acceptors (Lipinski definition) is 1. The normalized spacial score (nSPS) is 20.3. The number of aryl methyl sites for hydroxylation is 1. The number of rotatable bonds is 2. The van der Waals surface area contributed by atoms with Gasteiger partial charge in [-0.1, -0.05) is 12.1 Å². The second-order valence-electron chi connectivity index (χ2n) is 3.63. The van der Waals surface area contributed by atoms with Crippen LogP contribution in [0.4, 0.5) is 4.39 Å². The van der Waals surface area contributed by atoms with E-state index in [1.165, 1.54) is 5.56 Å². The van der Waals surface area contributed by atoms with E-state index in [9.17, 15) is 4.39 Å². The number of halogens is 1. The van der Waals surface area contributed by atoms with E-state index in [0.717, 1.165) is 24.8 Å². The summed E-state index contributed by atoms with van der Waals surface area (Å²) < 4.78 is 13.4. The molecule has 0 aromatic heterocycles. The Bertz CT molecular complexity index is 307. The number of hydrogen-bond donors (Lipinski definition) is 1. The summed E-state index contributed by atoms with van der Waals surface area (Å²) in [5.41, 5.74) is 7.60. The number of benzene rings is 1. The summed E-state index contributed by atoms with van der Waals surface area (Å²) >= 11 is 0. The molecule has 0 saturated carbocycles. The van der Waals surface area contributed by atoms with Crippen molar-refractivity contribution in [3.8, 4) is 0 Å². The zero-order valence-electron chi connectivity index (χ0n) is 7.59. The van der Waals surface area contributed by atoms with E-state index in [0.29, 0.717) is 12.5 Å². The lowest BCUT2D eigenvalue weighted by atomic mass is 9.97. The minimum absolute atomic E-state index is 0.0477. The Morgan fingerprint density at radius 3 is 3.08 bits per heavy atom. The van der Waals surface area contributed by atoms with Crippen LogP contribution in [-0.2, 0) is 6.42 Å². The average molecular weight is 179 g/mol. The van der Waals surface area contributed by atoms with Crippen molar-refractivity contribution in [2.45, 2.75) is 25.2 Å². The van der Waals surface area contributed by atoms with Crippen LogP contribution < -0.4 is 5.73 Å². The van der Waals surface area contributed by atoms with Crippen molar-refractivity contribution >= 4 is 0 Å². The van der Waals surface area contributed by atoms with Gasteiger partial charge >= 0.3 is 0 Å². The van der Waals surface area contributed by atoms with Crippen LogP contribution in [0.5, 0.6) is 0 Å². The Morgan fingerprint density at radius 1 is 1.46 bits per heavy atom. The maximum absolute atomic E-state index is 13.4. The molecule has 1 aromatic rings. The zero-order valence-corrected chi connectivity index (χ0v) is 7.59. The molecule has 2 rings (SSSR count). The van der Waals surface area contributed by atoms with Gasteiger partial charge in [-0.25, -0.2) is 4.39 Å². The van der Waals surface area contributed by atoms with Crippen LogP contribution in [0.25, 0.3) is 0 Å². The Hall–Kier alpha value is -0.890. The second-order valence-corrected chi connectivity index (χ2v) is 3.63. The summed E-state index contributed by atoms with van der Waals surface area (Å²) in [7, 11) is 0. The summed E-state index contributed by atoms with van der Waals surface area (Å²) in [5.74, 6) is 0.314. The van der Waals surface area contributed by atoms with E-state index >= 15 is 0 Å². The van der Waals surface area contributed by atoms with Gasteiger partial charge in [-0.05, 0) is 48.9 Å². The highest BCUT2D eigenvalue weighted by molar-refractivity contribution is 5.36. The van der Waals surface area contributed by atoms with Crippen molar-refractivity contribution in [2.24, 2.45) is 5.73 Å². The SMILES string of the molecule is NCCC1CCc2cccc(F)c21. The largest absolute Gasteiger partial charge is 0.330 e. The predicted octanol–water partition coefficient (Wildman–Crippen LogP) is 2.20. The minimum Gasteiger partial charge on any atom is -0.330 e. The third kappa shape index (κ3) is 1.46. The average Bonchev–Trinajstić information content (AvgIpc) is 2.51. The Labute approximate surface area is 77.8 Å². The van der Waals surface area contributed by atoms with Gasteiger partial charge in [-0.15, -0.1) is 0 Å². The van der Waals surface area contributed by atoms with E-state index < -0.39 is 0 Å². The monoisotopic (exact) mass is 179 g/mol. The first-order valence-electron chi connectivity index (χ1n) is 4.80. The van der Waals surface area contributed by atoms with Gasteiger partial charge in [0.2, 0.25) is 0 Å². The molecule has 0 radical (unpaired) electrons. The lowest BCUT2D eigenvalue weighted by Crippen LogP contribution is -2.06. The predicted molar refractivity (Wildman–Crippen MR) is 51.1 cm³/mol. The number of nitrogens with two attached hydrogens (primary N) is 1. The fourth-order valence-corrected chi connectivity index (χ4v) is 2.22. The van der Waals surface area contributed by atoms with Crippen molar-refractivity contribution in [2.75, 3.05) is 6.54 Å². The highest BCUT2D eigenvalue weighted by Crippen LogP contribution is 2.36. The van der Waals surface area contributed by atoms with Crippen LogP contribution in [0, 0.1) is 5.82 Å². The molecule has 2 N–H and O–H groups in total. The minimum atomic E-state index is -0.0477. The van der Waals surface area contributed by atoms with Crippen LogP contribution >= 0.6 is 0 Å². The van der Waals surface area contributed by atoms with Gasteiger partial charge in [0.1, 0.15) is 5.82 Å². The molecule has 1 nitrogen and oxygen atoms in total. The third-order valence-electron chi connectivity index (χ3n) is 2.83. The molecule has 70 valence electrons. The van der Waals surface area contributed by atoms with Crippen LogP contribution in [0.15, 0.2) is 18.2 Å². The molecule has 0 heterocycles. The van der Waals surface area contributed by atoms with Crippen LogP contribution in [0.3, 0.4) is 0 Å². The maximum atomic E-state index is 13.4.